The lowest BCUT2D eigenvalue weighted by Gasteiger charge is -2.19. The number of hydrogen-bond donors (Lipinski definition) is 0. The van der Waals surface area contributed by atoms with Crippen LogP contribution in [-0.4, -0.2) is 22.8 Å². The highest BCUT2D eigenvalue weighted by molar-refractivity contribution is 6.20. The summed E-state index contributed by atoms with van der Waals surface area (Å²) in [7, 11) is 0. The molecular formula is C29H21NO5. The number of imide groups is 1. The Bertz CT molecular complexity index is 1310. The Kier molecular flexibility index (Phi) is 6.20. The van der Waals surface area contributed by atoms with Gasteiger partial charge in [0.2, 0.25) is 0 Å². The molecule has 0 spiro atoms. The van der Waals surface area contributed by atoms with Gasteiger partial charge in [0, 0.05) is 0 Å². The molecule has 35 heavy (non-hydrogen) atoms. The highest BCUT2D eigenvalue weighted by atomic mass is 16.7. The summed E-state index contributed by atoms with van der Waals surface area (Å²) < 4.78 is 5.92. The Labute approximate surface area is 202 Å². The fourth-order valence-electron chi connectivity index (χ4n) is 3.97. The highest BCUT2D eigenvalue weighted by Gasteiger charge is 2.36. The molecule has 0 fully saturated rings. The van der Waals surface area contributed by atoms with Crippen molar-refractivity contribution in [3.8, 4) is 0 Å². The first-order chi connectivity index (χ1) is 17.1. The van der Waals surface area contributed by atoms with Crippen LogP contribution in [0.25, 0.3) is 0 Å². The van der Waals surface area contributed by atoms with E-state index in [1.165, 1.54) is 0 Å². The van der Waals surface area contributed by atoms with Crippen LogP contribution < -0.4 is 0 Å². The SMILES string of the molecule is O=C(OC(c1ccccc1)c1ccccc1)c1cccc(CON2C(=O)c3ccccc3C2=O)c1. The third-order valence-corrected chi connectivity index (χ3v) is 5.71. The number of benzene rings is 4. The molecule has 6 heteroatoms. The van der Waals surface area contributed by atoms with E-state index in [2.05, 4.69) is 0 Å². The molecule has 0 saturated carbocycles. The number of amides is 2. The molecule has 1 heterocycles. The summed E-state index contributed by atoms with van der Waals surface area (Å²) >= 11 is 0. The minimum Gasteiger partial charge on any atom is -0.449 e. The topological polar surface area (TPSA) is 72.9 Å². The molecule has 0 saturated heterocycles. The molecule has 0 atom stereocenters. The Morgan fingerprint density at radius 2 is 1.23 bits per heavy atom. The number of esters is 1. The lowest BCUT2D eigenvalue weighted by Crippen LogP contribution is -2.29. The van der Waals surface area contributed by atoms with Crippen LogP contribution in [0, 0.1) is 0 Å². The lowest BCUT2D eigenvalue weighted by atomic mass is 10.0. The molecule has 0 unspecified atom stereocenters. The summed E-state index contributed by atoms with van der Waals surface area (Å²) in [5.41, 5.74) is 3.29. The third-order valence-electron chi connectivity index (χ3n) is 5.71. The van der Waals surface area contributed by atoms with Gasteiger partial charge >= 0.3 is 5.97 Å². The van der Waals surface area contributed by atoms with E-state index in [0.29, 0.717) is 22.3 Å². The second kappa shape index (κ2) is 9.75. The second-order valence-electron chi connectivity index (χ2n) is 8.03. The van der Waals surface area contributed by atoms with Crippen molar-refractivity contribution in [2.24, 2.45) is 0 Å². The quantitative estimate of drug-likeness (QED) is 0.273. The van der Waals surface area contributed by atoms with E-state index in [1.54, 1.807) is 48.5 Å². The van der Waals surface area contributed by atoms with Crippen LogP contribution in [0.5, 0.6) is 0 Å². The second-order valence-corrected chi connectivity index (χ2v) is 8.03. The number of ether oxygens (including phenoxy) is 1. The van der Waals surface area contributed by atoms with Gasteiger partial charge in [-0.2, -0.15) is 0 Å². The van der Waals surface area contributed by atoms with Crippen molar-refractivity contribution in [2.45, 2.75) is 12.7 Å². The van der Waals surface area contributed by atoms with Gasteiger partial charge < -0.3 is 4.74 Å². The molecule has 0 N–H and O–H groups in total. The van der Waals surface area contributed by atoms with Gasteiger partial charge in [-0.05, 0) is 41.0 Å². The highest BCUT2D eigenvalue weighted by Crippen LogP contribution is 2.27. The molecule has 5 rings (SSSR count). The van der Waals surface area contributed by atoms with Crippen LogP contribution in [0.4, 0.5) is 0 Å². The van der Waals surface area contributed by atoms with Crippen LogP contribution in [0.2, 0.25) is 0 Å². The average Bonchev–Trinajstić information content (AvgIpc) is 3.16. The fourth-order valence-corrected chi connectivity index (χ4v) is 3.97. The van der Waals surface area contributed by atoms with Crippen molar-refractivity contribution in [3.05, 3.63) is 143 Å². The van der Waals surface area contributed by atoms with Gasteiger partial charge in [0.25, 0.3) is 11.8 Å². The molecular weight excluding hydrogens is 442 g/mol. The number of hydroxylamine groups is 2. The molecule has 0 aromatic heterocycles. The standard InChI is InChI=1S/C29H21NO5/c31-27-24-16-7-8-17-25(24)28(32)30(27)34-19-20-10-9-15-23(18-20)29(33)35-26(21-11-3-1-4-12-21)22-13-5-2-6-14-22/h1-18,26H,19H2. The van der Waals surface area contributed by atoms with Crippen molar-refractivity contribution in [1.29, 1.82) is 0 Å². The maximum atomic E-state index is 13.1. The lowest BCUT2D eigenvalue weighted by molar-refractivity contribution is -0.101. The molecule has 0 radical (unpaired) electrons. The number of carbonyl (C=O) groups is 3. The van der Waals surface area contributed by atoms with E-state index < -0.39 is 23.9 Å². The third kappa shape index (κ3) is 4.60. The number of nitrogens with zero attached hydrogens (tertiary/aromatic N) is 1. The van der Waals surface area contributed by atoms with Crippen LogP contribution >= 0.6 is 0 Å². The first kappa shape index (κ1) is 22.3. The van der Waals surface area contributed by atoms with Crippen molar-refractivity contribution in [1.82, 2.24) is 5.06 Å². The monoisotopic (exact) mass is 463 g/mol. The van der Waals surface area contributed by atoms with Gasteiger partial charge in [0.05, 0.1) is 16.7 Å². The molecule has 1 aliphatic heterocycles. The molecule has 0 aliphatic carbocycles. The van der Waals surface area contributed by atoms with Crippen LogP contribution in [0.3, 0.4) is 0 Å². The number of carbonyl (C=O) groups excluding carboxylic acids is 3. The Morgan fingerprint density at radius 3 is 1.80 bits per heavy atom. The van der Waals surface area contributed by atoms with Gasteiger partial charge in [0.15, 0.2) is 6.10 Å². The summed E-state index contributed by atoms with van der Waals surface area (Å²) in [5.74, 6) is -1.50. The van der Waals surface area contributed by atoms with E-state index in [0.717, 1.165) is 16.2 Å². The summed E-state index contributed by atoms with van der Waals surface area (Å²) in [4.78, 5) is 43.6. The van der Waals surface area contributed by atoms with Crippen molar-refractivity contribution < 1.29 is 24.0 Å². The first-order valence-corrected chi connectivity index (χ1v) is 11.1. The van der Waals surface area contributed by atoms with Crippen LogP contribution in [0.15, 0.2) is 109 Å². The summed E-state index contributed by atoms with van der Waals surface area (Å²) in [6, 6.07) is 32.4. The van der Waals surface area contributed by atoms with Crippen LogP contribution in [0.1, 0.15) is 53.9 Å². The predicted octanol–water partition coefficient (Wildman–Crippen LogP) is 5.36. The maximum Gasteiger partial charge on any atom is 0.339 e. The van der Waals surface area contributed by atoms with E-state index in [9.17, 15) is 14.4 Å². The van der Waals surface area contributed by atoms with Gasteiger partial charge in [0.1, 0.15) is 6.61 Å². The van der Waals surface area contributed by atoms with Gasteiger partial charge in [-0.1, -0.05) is 84.9 Å². The zero-order valence-corrected chi connectivity index (χ0v) is 18.7. The smallest absolute Gasteiger partial charge is 0.339 e. The Hall–Kier alpha value is -4.55. The maximum absolute atomic E-state index is 13.1. The fraction of sp³-hybridized carbons (Fsp3) is 0.0690. The number of hydrogen-bond acceptors (Lipinski definition) is 5. The van der Waals surface area contributed by atoms with E-state index in [-0.39, 0.29) is 6.61 Å². The van der Waals surface area contributed by atoms with Crippen molar-refractivity contribution >= 4 is 17.8 Å². The molecule has 172 valence electrons. The molecule has 0 bridgehead atoms. The zero-order chi connectivity index (χ0) is 24.2. The van der Waals surface area contributed by atoms with Crippen molar-refractivity contribution in [3.63, 3.8) is 0 Å². The molecule has 2 amide bonds. The molecule has 1 aliphatic rings. The zero-order valence-electron chi connectivity index (χ0n) is 18.7. The molecule has 4 aromatic carbocycles. The molecule has 6 nitrogen and oxygen atoms in total. The number of fused-ring (bicyclic) bond motifs is 1. The molecule has 4 aromatic rings. The minimum atomic E-state index is -0.567. The minimum absolute atomic E-state index is 0.0621. The number of rotatable bonds is 7. The van der Waals surface area contributed by atoms with E-state index >= 15 is 0 Å². The largest absolute Gasteiger partial charge is 0.449 e. The summed E-state index contributed by atoms with van der Waals surface area (Å²) in [6.45, 7) is -0.0621. The first-order valence-electron chi connectivity index (χ1n) is 11.1. The normalized spacial score (nSPS) is 12.7. The Balaban J connectivity index is 1.31. The average molecular weight is 463 g/mol. The Morgan fingerprint density at radius 1 is 0.686 bits per heavy atom. The van der Waals surface area contributed by atoms with Crippen molar-refractivity contribution in [2.75, 3.05) is 0 Å². The van der Waals surface area contributed by atoms with E-state index in [1.807, 2.05) is 60.7 Å². The summed E-state index contributed by atoms with van der Waals surface area (Å²) in [5, 5.41) is 0.760. The van der Waals surface area contributed by atoms with E-state index in [4.69, 9.17) is 9.57 Å². The summed E-state index contributed by atoms with van der Waals surface area (Å²) in [6.07, 6.45) is -0.567. The van der Waals surface area contributed by atoms with Gasteiger partial charge in [-0.3, -0.25) is 14.4 Å². The van der Waals surface area contributed by atoms with Crippen LogP contribution in [-0.2, 0) is 16.2 Å². The van der Waals surface area contributed by atoms with Gasteiger partial charge in [-0.25, -0.2) is 4.79 Å². The predicted molar refractivity (Wildman–Crippen MR) is 128 cm³/mol. The van der Waals surface area contributed by atoms with Gasteiger partial charge in [-0.15, -0.1) is 5.06 Å².